The zero-order chi connectivity index (χ0) is 5.54. The second-order valence-electron chi connectivity index (χ2n) is 1.87. The molecule has 52 valence electrons. The third-order valence-electron chi connectivity index (χ3n) is 0.986. The first-order chi connectivity index (χ1) is 3.41. The Morgan fingerprint density at radius 3 is 1.56 bits per heavy atom. The van der Waals surface area contributed by atoms with Crippen LogP contribution in [0.4, 0.5) is 0 Å². The summed E-state index contributed by atoms with van der Waals surface area (Å²) >= 11 is 0. The molecule has 0 aromatic carbocycles. The molecule has 0 fully saturated rings. The zero-order valence-electron chi connectivity index (χ0n) is 6.49. The summed E-state index contributed by atoms with van der Waals surface area (Å²) in [4.78, 5) is 0. The molecule has 0 nitrogen and oxygen atoms in total. The van der Waals surface area contributed by atoms with E-state index in [1.54, 1.807) is 0 Å². The molecule has 2 heteroatoms. The van der Waals surface area contributed by atoms with Gasteiger partial charge in [-0.2, -0.15) is 12.8 Å². The van der Waals surface area contributed by atoms with Crippen LogP contribution in [0.1, 0.15) is 39.5 Å². The van der Waals surface area contributed by atoms with Crippen molar-refractivity contribution in [3.8, 4) is 0 Å². The molecule has 0 aliphatic rings. The molecule has 9 heavy (non-hydrogen) atoms. The Kier molecular flexibility index (Phi) is 29.5. The first-order valence-corrected chi connectivity index (χ1v) is 3.23. The maximum absolute atomic E-state index is 2.36. The Morgan fingerprint density at radius 1 is 1.00 bits per heavy atom. The first-order valence-electron chi connectivity index (χ1n) is 3.23. The number of hydrogen-bond donors (Lipinski definition) is 0. The number of unbranched alkanes of at least 4 members (excludes halogenated alkanes) is 4. The van der Waals surface area contributed by atoms with Crippen molar-refractivity contribution in [3.63, 3.8) is 0 Å². The minimum Gasteiger partial charge on any atom is -1.00 e. The summed E-state index contributed by atoms with van der Waals surface area (Å²) in [5.41, 5.74) is 0. The molecule has 0 amide bonds. The minimum absolute atomic E-state index is 0. The molecule has 0 rings (SSSR count). The van der Waals surface area contributed by atoms with Gasteiger partial charge in [0.15, 0.2) is 0 Å². The van der Waals surface area contributed by atoms with Crippen LogP contribution in [-0.4, -0.2) is 23.1 Å². The molecule has 0 aromatic heterocycles. The van der Waals surface area contributed by atoms with E-state index >= 15 is 0 Å². The summed E-state index contributed by atoms with van der Waals surface area (Å²) < 4.78 is 0. The van der Waals surface area contributed by atoms with Crippen molar-refractivity contribution in [2.45, 2.75) is 39.5 Å². The van der Waals surface area contributed by atoms with Gasteiger partial charge in [0.1, 0.15) is 0 Å². The summed E-state index contributed by atoms with van der Waals surface area (Å²) in [5, 5.41) is 0. The SMILES string of the molecule is CCC[CH-]CCC.[Cl-].[Mg+2]. The third kappa shape index (κ3) is 17.6. The first kappa shape index (κ1) is 16.6. The van der Waals surface area contributed by atoms with E-state index < -0.39 is 0 Å². The van der Waals surface area contributed by atoms with Crippen LogP contribution in [0, 0.1) is 6.42 Å². The Hall–Kier alpha value is 1.06. The van der Waals surface area contributed by atoms with Crippen molar-refractivity contribution in [2.75, 3.05) is 0 Å². The van der Waals surface area contributed by atoms with Crippen LogP contribution >= 0.6 is 0 Å². The maximum atomic E-state index is 2.36. The molecule has 0 spiro atoms. The van der Waals surface area contributed by atoms with Gasteiger partial charge in [-0.3, -0.25) is 0 Å². The van der Waals surface area contributed by atoms with Crippen molar-refractivity contribution >= 4 is 23.1 Å². The average Bonchev–Trinajstić information content (AvgIpc) is 1.69. The number of halogens is 1. The largest absolute Gasteiger partial charge is 2.00 e. The Bertz CT molecular complexity index is 28.1. The van der Waals surface area contributed by atoms with Gasteiger partial charge in [0.2, 0.25) is 0 Å². The van der Waals surface area contributed by atoms with E-state index in [0.717, 1.165) is 0 Å². The van der Waals surface area contributed by atoms with Crippen LogP contribution in [0.15, 0.2) is 0 Å². The van der Waals surface area contributed by atoms with Crippen LogP contribution in [0.2, 0.25) is 0 Å². The fourth-order valence-electron chi connectivity index (χ4n) is 0.553. The van der Waals surface area contributed by atoms with E-state index in [1.165, 1.54) is 25.7 Å². The molecule has 0 unspecified atom stereocenters. The Labute approximate surface area is 81.4 Å². The van der Waals surface area contributed by atoms with Crippen LogP contribution < -0.4 is 12.4 Å². The Balaban J connectivity index is -0.000000180. The summed E-state index contributed by atoms with van der Waals surface area (Å²) in [5.74, 6) is 0. The Morgan fingerprint density at radius 2 is 1.33 bits per heavy atom. The summed E-state index contributed by atoms with van der Waals surface area (Å²) in [6, 6.07) is 0. The molecule has 0 radical (unpaired) electrons. The fraction of sp³-hybridized carbons (Fsp3) is 0.857. The summed E-state index contributed by atoms with van der Waals surface area (Å²) in [6.45, 7) is 4.43. The van der Waals surface area contributed by atoms with Crippen molar-refractivity contribution in [1.82, 2.24) is 0 Å². The van der Waals surface area contributed by atoms with Crippen LogP contribution in [0.3, 0.4) is 0 Å². The van der Waals surface area contributed by atoms with Gasteiger partial charge < -0.3 is 18.8 Å². The van der Waals surface area contributed by atoms with Gasteiger partial charge in [-0.05, 0) is 0 Å². The van der Waals surface area contributed by atoms with Gasteiger partial charge in [-0.15, -0.1) is 0 Å². The second-order valence-corrected chi connectivity index (χ2v) is 1.87. The topological polar surface area (TPSA) is 0 Å². The predicted molar refractivity (Wildman–Crippen MR) is 39.9 cm³/mol. The smallest absolute Gasteiger partial charge is 1.00 e. The molecule has 0 heterocycles. The molecule has 0 saturated carbocycles. The van der Waals surface area contributed by atoms with E-state index in [1.807, 2.05) is 0 Å². The van der Waals surface area contributed by atoms with Crippen LogP contribution in [0.5, 0.6) is 0 Å². The third-order valence-corrected chi connectivity index (χ3v) is 0.986. The van der Waals surface area contributed by atoms with Gasteiger partial charge in [0, 0.05) is 0 Å². The maximum Gasteiger partial charge on any atom is 2.00 e. The van der Waals surface area contributed by atoms with E-state index in [9.17, 15) is 0 Å². The van der Waals surface area contributed by atoms with Gasteiger partial charge in [0.05, 0.1) is 0 Å². The van der Waals surface area contributed by atoms with Gasteiger partial charge in [0.25, 0.3) is 0 Å². The molecule has 0 N–H and O–H groups in total. The standard InChI is InChI=1S/C7H15.ClH.Mg/c1-3-5-7-6-4-2;;/h7H,3-6H2,1-2H3;1H;/q-1;;+2/p-1. The molecule has 0 atom stereocenters. The van der Waals surface area contributed by atoms with Crippen molar-refractivity contribution < 1.29 is 12.4 Å². The van der Waals surface area contributed by atoms with Crippen LogP contribution in [0.25, 0.3) is 0 Å². The predicted octanol–water partition coefficient (Wildman–Crippen LogP) is -0.586. The molecule has 0 aliphatic carbocycles. The molecular formula is C7H15ClMg. The summed E-state index contributed by atoms with van der Waals surface area (Å²) in [7, 11) is 0. The van der Waals surface area contributed by atoms with E-state index in [2.05, 4.69) is 20.3 Å². The normalized spacial score (nSPS) is 7.33. The molecule has 0 saturated heterocycles. The van der Waals surface area contributed by atoms with E-state index in [0.29, 0.717) is 0 Å². The van der Waals surface area contributed by atoms with Crippen LogP contribution in [-0.2, 0) is 0 Å². The van der Waals surface area contributed by atoms with Crippen molar-refractivity contribution in [3.05, 3.63) is 6.42 Å². The van der Waals surface area contributed by atoms with Gasteiger partial charge in [-0.25, -0.2) is 0 Å². The molecular weight excluding hydrogens is 144 g/mol. The molecule has 0 aromatic rings. The fourth-order valence-corrected chi connectivity index (χ4v) is 0.553. The van der Waals surface area contributed by atoms with Gasteiger partial charge >= 0.3 is 23.1 Å². The quantitative estimate of drug-likeness (QED) is 0.292. The van der Waals surface area contributed by atoms with Crippen molar-refractivity contribution in [2.24, 2.45) is 0 Å². The van der Waals surface area contributed by atoms with Crippen molar-refractivity contribution in [1.29, 1.82) is 0 Å². The van der Waals surface area contributed by atoms with E-state index in [4.69, 9.17) is 0 Å². The number of rotatable bonds is 4. The second kappa shape index (κ2) is 16.0. The van der Waals surface area contributed by atoms with E-state index in [-0.39, 0.29) is 35.5 Å². The molecule has 0 bridgehead atoms. The monoisotopic (exact) mass is 158 g/mol. The molecule has 0 aliphatic heterocycles. The zero-order valence-corrected chi connectivity index (χ0v) is 8.66. The number of hydrogen-bond acceptors (Lipinski definition) is 0. The minimum atomic E-state index is 0. The average molecular weight is 159 g/mol. The van der Waals surface area contributed by atoms with Gasteiger partial charge in [-0.1, -0.05) is 26.7 Å². The summed E-state index contributed by atoms with van der Waals surface area (Å²) in [6.07, 6.45) is 7.57.